The second kappa shape index (κ2) is 7.75. The fraction of sp³-hybridized carbons (Fsp3) is 0.318. The van der Waals surface area contributed by atoms with Gasteiger partial charge in [-0.2, -0.15) is 0 Å². The molecule has 0 fully saturated rings. The lowest BCUT2D eigenvalue weighted by Crippen LogP contribution is -2.38. The number of para-hydroxylation sites is 1. The van der Waals surface area contributed by atoms with E-state index in [1.165, 1.54) is 11.1 Å². The third kappa shape index (κ3) is 4.14. The normalized spacial score (nSPS) is 12.5. The molecule has 1 aromatic heterocycles. The SMILES string of the molecule is Cc1cc(C)cc(COC(=O)[C@H](Cc2c[nH]c3ccccc23)N(C)C)c1. The summed E-state index contributed by atoms with van der Waals surface area (Å²) in [5.41, 5.74) is 5.60. The van der Waals surface area contributed by atoms with Crippen LogP contribution in [0.2, 0.25) is 0 Å². The van der Waals surface area contributed by atoms with Crippen LogP contribution >= 0.6 is 0 Å². The van der Waals surface area contributed by atoms with Crippen molar-refractivity contribution in [1.82, 2.24) is 9.88 Å². The highest BCUT2D eigenvalue weighted by Crippen LogP contribution is 2.21. The van der Waals surface area contributed by atoms with E-state index < -0.39 is 0 Å². The molecule has 0 aliphatic carbocycles. The maximum atomic E-state index is 12.7. The molecule has 26 heavy (non-hydrogen) atoms. The Bertz CT molecular complexity index is 891. The molecule has 0 saturated heterocycles. The Morgan fingerprint density at radius 1 is 1.12 bits per heavy atom. The van der Waals surface area contributed by atoms with Crippen molar-refractivity contribution in [2.45, 2.75) is 32.9 Å². The number of fused-ring (bicyclic) bond motifs is 1. The van der Waals surface area contributed by atoms with Gasteiger partial charge in [0.15, 0.2) is 0 Å². The van der Waals surface area contributed by atoms with Gasteiger partial charge in [-0.3, -0.25) is 9.69 Å². The number of H-pyrrole nitrogens is 1. The molecule has 1 atom stereocenters. The first-order chi connectivity index (χ1) is 12.4. The molecule has 4 heteroatoms. The summed E-state index contributed by atoms with van der Waals surface area (Å²) in [5, 5.41) is 1.15. The van der Waals surface area contributed by atoms with Crippen LogP contribution in [0.25, 0.3) is 10.9 Å². The van der Waals surface area contributed by atoms with E-state index in [1.54, 1.807) is 0 Å². The number of nitrogens with zero attached hydrogens (tertiary/aromatic N) is 1. The summed E-state index contributed by atoms with van der Waals surface area (Å²) in [5.74, 6) is -0.195. The molecule has 1 N–H and O–H groups in total. The van der Waals surface area contributed by atoms with E-state index in [-0.39, 0.29) is 12.0 Å². The lowest BCUT2D eigenvalue weighted by Gasteiger charge is -2.22. The Labute approximate surface area is 154 Å². The van der Waals surface area contributed by atoms with E-state index in [4.69, 9.17) is 4.74 Å². The number of carbonyl (C=O) groups is 1. The fourth-order valence-electron chi connectivity index (χ4n) is 3.39. The van der Waals surface area contributed by atoms with Gasteiger partial charge in [-0.25, -0.2) is 0 Å². The van der Waals surface area contributed by atoms with Crippen LogP contribution in [0.5, 0.6) is 0 Å². The third-order valence-corrected chi connectivity index (χ3v) is 4.65. The van der Waals surface area contributed by atoms with Crippen molar-refractivity contribution in [2.24, 2.45) is 0 Å². The topological polar surface area (TPSA) is 45.3 Å². The minimum absolute atomic E-state index is 0.195. The van der Waals surface area contributed by atoms with Crippen LogP contribution in [0.15, 0.2) is 48.7 Å². The number of benzene rings is 2. The monoisotopic (exact) mass is 350 g/mol. The number of hydrogen-bond donors (Lipinski definition) is 1. The van der Waals surface area contributed by atoms with Gasteiger partial charge < -0.3 is 9.72 Å². The Balaban J connectivity index is 1.72. The minimum atomic E-state index is -0.319. The van der Waals surface area contributed by atoms with Gasteiger partial charge in [0, 0.05) is 23.5 Å². The number of carbonyl (C=O) groups excluding carboxylic acids is 1. The van der Waals surface area contributed by atoms with Crippen molar-refractivity contribution in [3.05, 3.63) is 70.9 Å². The molecule has 2 aromatic carbocycles. The first kappa shape index (κ1) is 18.2. The zero-order chi connectivity index (χ0) is 18.7. The van der Waals surface area contributed by atoms with Gasteiger partial charge in [-0.1, -0.05) is 47.5 Å². The van der Waals surface area contributed by atoms with Crippen LogP contribution in [0, 0.1) is 13.8 Å². The first-order valence-electron chi connectivity index (χ1n) is 8.89. The second-order valence-electron chi connectivity index (χ2n) is 7.15. The Morgan fingerprint density at radius 2 is 1.81 bits per heavy atom. The summed E-state index contributed by atoms with van der Waals surface area (Å²) in [4.78, 5) is 17.9. The van der Waals surface area contributed by atoms with Gasteiger partial charge in [0.05, 0.1) is 0 Å². The summed E-state index contributed by atoms with van der Waals surface area (Å²) in [6.07, 6.45) is 2.60. The number of nitrogens with one attached hydrogen (secondary N) is 1. The quantitative estimate of drug-likeness (QED) is 0.684. The average molecular weight is 350 g/mol. The smallest absolute Gasteiger partial charge is 0.324 e. The van der Waals surface area contributed by atoms with Crippen LogP contribution in [0.3, 0.4) is 0 Å². The number of ether oxygens (including phenoxy) is 1. The molecule has 0 aliphatic rings. The molecule has 0 radical (unpaired) electrons. The maximum Gasteiger partial charge on any atom is 0.324 e. The fourth-order valence-corrected chi connectivity index (χ4v) is 3.39. The van der Waals surface area contributed by atoms with Crippen LogP contribution in [-0.2, 0) is 22.6 Å². The Hall–Kier alpha value is -2.59. The van der Waals surface area contributed by atoms with Crippen molar-refractivity contribution >= 4 is 16.9 Å². The molecule has 3 aromatic rings. The van der Waals surface area contributed by atoms with E-state index in [1.807, 2.05) is 43.4 Å². The number of hydrogen-bond acceptors (Lipinski definition) is 3. The van der Waals surface area contributed by atoms with E-state index in [9.17, 15) is 4.79 Å². The van der Waals surface area contributed by atoms with E-state index in [2.05, 4.69) is 43.1 Å². The number of esters is 1. The van der Waals surface area contributed by atoms with Gasteiger partial charge in [0.2, 0.25) is 0 Å². The number of likely N-dealkylation sites (N-methyl/N-ethyl adjacent to an activating group) is 1. The van der Waals surface area contributed by atoms with Crippen molar-refractivity contribution in [3.8, 4) is 0 Å². The first-order valence-corrected chi connectivity index (χ1v) is 8.89. The standard InChI is InChI=1S/C22H26N2O2/c1-15-9-16(2)11-17(10-15)14-26-22(25)21(24(3)4)12-18-13-23-20-8-6-5-7-19(18)20/h5-11,13,21,23H,12,14H2,1-4H3/t21-/m0/s1. The molecule has 136 valence electrons. The largest absolute Gasteiger partial charge is 0.460 e. The number of rotatable bonds is 6. The van der Waals surface area contributed by atoms with Crippen molar-refractivity contribution < 1.29 is 9.53 Å². The highest BCUT2D eigenvalue weighted by Gasteiger charge is 2.24. The molecular weight excluding hydrogens is 324 g/mol. The molecule has 4 nitrogen and oxygen atoms in total. The molecule has 3 rings (SSSR count). The summed E-state index contributed by atoms with van der Waals surface area (Å²) < 4.78 is 5.63. The third-order valence-electron chi connectivity index (χ3n) is 4.65. The molecule has 0 aliphatic heterocycles. The van der Waals surface area contributed by atoms with E-state index in [0.717, 1.165) is 22.0 Å². The number of aryl methyl sites for hydroxylation is 2. The molecule has 0 spiro atoms. The average Bonchev–Trinajstić information content (AvgIpc) is 2.99. The summed E-state index contributed by atoms with van der Waals surface area (Å²) in [6, 6.07) is 14.1. The van der Waals surface area contributed by atoms with Crippen molar-refractivity contribution in [3.63, 3.8) is 0 Å². The maximum absolute atomic E-state index is 12.7. The van der Waals surface area contributed by atoms with Gasteiger partial charge in [-0.15, -0.1) is 0 Å². The number of aromatic amines is 1. The highest BCUT2D eigenvalue weighted by atomic mass is 16.5. The van der Waals surface area contributed by atoms with Crippen LogP contribution in [0.1, 0.15) is 22.3 Å². The summed E-state index contributed by atoms with van der Waals surface area (Å²) in [6.45, 7) is 4.41. The van der Waals surface area contributed by atoms with Gasteiger partial charge in [-0.05, 0) is 45.1 Å². The van der Waals surface area contributed by atoms with Gasteiger partial charge in [0.1, 0.15) is 12.6 Å². The predicted octanol–water partition coefficient (Wildman–Crippen LogP) is 4.00. The molecule has 0 amide bonds. The predicted molar refractivity (Wildman–Crippen MR) is 105 cm³/mol. The summed E-state index contributed by atoms with van der Waals surface area (Å²) in [7, 11) is 3.83. The van der Waals surface area contributed by atoms with Crippen molar-refractivity contribution in [1.29, 1.82) is 0 Å². The minimum Gasteiger partial charge on any atom is -0.460 e. The van der Waals surface area contributed by atoms with E-state index in [0.29, 0.717) is 13.0 Å². The lowest BCUT2D eigenvalue weighted by molar-refractivity contribution is -0.150. The number of aromatic nitrogens is 1. The summed E-state index contributed by atoms with van der Waals surface area (Å²) >= 11 is 0. The Kier molecular flexibility index (Phi) is 5.43. The van der Waals surface area contributed by atoms with Crippen LogP contribution in [0.4, 0.5) is 0 Å². The Morgan fingerprint density at radius 3 is 2.50 bits per heavy atom. The molecular formula is C22H26N2O2. The molecule has 0 bridgehead atoms. The molecule has 1 heterocycles. The van der Waals surface area contributed by atoms with Gasteiger partial charge >= 0.3 is 5.97 Å². The zero-order valence-electron chi connectivity index (χ0n) is 15.9. The highest BCUT2D eigenvalue weighted by molar-refractivity contribution is 5.84. The second-order valence-corrected chi connectivity index (χ2v) is 7.15. The van der Waals surface area contributed by atoms with Crippen LogP contribution in [-0.4, -0.2) is 36.0 Å². The lowest BCUT2D eigenvalue weighted by atomic mass is 10.0. The molecule has 0 unspecified atom stereocenters. The van der Waals surface area contributed by atoms with E-state index >= 15 is 0 Å². The van der Waals surface area contributed by atoms with Crippen LogP contribution < -0.4 is 0 Å². The molecule has 0 saturated carbocycles. The van der Waals surface area contributed by atoms with Crippen molar-refractivity contribution in [2.75, 3.05) is 14.1 Å². The van der Waals surface area contributed by atoms with Gasteiger partial charge in [0.25, 0.3) is 0 Å². The zero-order valence-corrected chi connectivity index (χ0v) is 15.9.